The standard InChI is InChI=1S/C27H38N4O2/c1-19-15-28-31(16-19)17-20(2)29-10-7-26-8-11-30(18-21-3-4-21)25(27(26,33)9-12-29)13-22-5-6-23(32)14-24(22)26/h5-6,14-16,20-21,25,32-33H,3-4,7-13,17-18H2,1-2H3. The van der Waals surface area contributed by atoms with Gasteiger partial charge in [-0.1, -0.05) is 6.07 Å². The van der Waals surface area contributed by atoms with Gasteiger partial charge in [-0.15, -0.1) is 0 Å². The lowest BCUT2D eigenvalue weighted by atomic mass is 9.52. The number of hydrogen-bond donors (Lipinski definition) is 2. The molecule has 2 aromatic rings. The number of aliphatic hydroxyl groups is 1. The Balaban J connectivity index is 1.33. The molecule has 2 aliphatic heterocycles. The molecule has 2 aliphatic carbocycles. The molecule has 2 saturated heterocycles. The number of hydrogen-bond acceptors (Lipinski definition) is 5. The molecule has 6 nitrogen and oxygen atoms in total. The lowest BCUT2D eigenvalue weighted by Crippen LogP contribution is -2.71. The number of phenols is 1. The van der Waals surface area contributed by atoms with E-state index in [9.17, 15) is 10.2 Å². The largest absolute Gasteiger partial charge is 0.508 e. The number of aromatic hydroxyl groups is 1. The summed E-state index contributed by atoms with van der Waals surface area (Å²) < 4.78 is 2.05. The van der Waals surface area contributed by atoms with Gasteiger partial charge in [0.15, 0.2) is 0 Å². The molecule has 1 saturated carbocycles. The van der Waals surface area contributed by atoms with Crippen molar-refractivity contribution >= 4 is 0 Å². The third kappa shape index (κ3) is 3.53. The van der Waals surface area contributed by atoms with Gasteiger partial charge in [-0.3, -0.25) is 14.5 Å². The van der Waals surface area contributed by atoms with E-state index in [1.165, 1.54) is 29.5 Å². The molecule has 0 radical (unpaired) electrons. The summed E-state index contributed by atoms with van der Waals surface area (Å²) >= 11 is 0. The fourth-order valence-electron chi connectivity index (χ4n) is 7.28. The molecule has 0 amide bonds. The van der Waals surface area contributed by atoms with Crippen molar-refractivity contribution in [3.8, 4) is 5.75 Å². The van der Waals surface area contributed by atoms with Crippen LogP contribution in [0.15, 0.2) is 30.6 Å². The van der Waals surface area contributed by atoms with Crippen LogP contribution in [0.5, 0.6) is 5.75 Å². The topological polar surface area (TPSA) is 64.8 Å². The van der Waals surface area contributed by atoms with Crippen LogP contribution >= 0.6 is 0 Å². The first-order valence-corrected chi connectivity index (χ1v) is 12.9. The van der Waals surface area contributed by atoms with E-state index in [2.05, 4.69) is 41.0 Å². The second-order valence-electron chi connectivity index (χ2n) is 11.4. The Hall–Kier alpha value is -1.89. The number of phenolic OH excluding ortho intramolecular Hbond substituents is 1. The molecule has 4 atom stereocenters. The first kappa shape index (κ1) is 21.6. The fourth-order valence-corrected chi connectivity index (χ4v) is 7.28. The van der Waals surface area contributed by atoms with Crippen LogP contribution in [0.4, 0.5) is 0 Å². The van der Waals surface area contributed by atoms with Gasteiger partial charge >= 0.3 is 0 Å². The molecule has 0 spiro atoms. The maximum atomic E-state index is 12.6. The smallest absolute Gasteiger partial charge is 0.115 e. The van der Waals surface area contributed by atoms with Gasteiger partial charge in [0.2, 0.25) is 0 Å². The zero-order chi connectivity index (χ0) is 22.8. The Bertz CT molecular complexity index is 1030. The van der Waals surface area contributed by atoms with Crippen LogP contribution in [0.3, 0.4) is 0 Å². The average molecular weight is 451 g/mol. The summed E-state index contributed by atoms with van der Waals surface area (Å²) in [5.74, 6) is 1.15. The van der Waals surface area contributed by atoms with E-state index in [1.807, 2.05) is 23.0 Å². The summed E-state index contributed by atoms with van der Waals surface area (Å²) in [6.45, 7) is 9.30. The van der Waals surface area contributed by atoms with Crippen LogP contribution in [0.2, 0.25) is 0 Å². The van der Waals surface area contributed by atoms with Crippen molar-refractivity contribution < 1.29 is 10.2 Å². The predicted octanol–water partition coefficient (Wildman–Crippen LogP) is 3.09. The number of aryl methyl sites for hydroxylation is 1. The average Bonchev–Trinajstić information content (AvgIpc) is 3.53. The van der Waals surface area contributed by atoms with Crippen molar-refractivity contribution in [2.75, 3.05) is 26.2 Å². The number of likely N-dealkylation sites (tertiary alicyclic amines) is 2. The van der Waals surface area contributed by atoms with E-state index in [-0.39, 0.29) is 11.5 Å². The van der Waals surface area contributed by atoms with Crippen LogP contribution < -0.4 is 0 Å². The highest BCUT2D eigenvalue weighted by Gasteiger charge is 2.63. The van der Waals surface area contributed by atoms with Gasteiger partial charge in [0.1, 0.15) is 5.75 Å². The first-order valence-electron chi connectivity index (χ1n) is 12.9. The summed E-state index contributed by atoms with van der Waals surface area (Å²) in [5, 5.41) is 27.5. The zero-order valence-electron chi connectivity index (χ0n) is 20.1. The molecular weight excluding hydrogens is 412 g/mol. The van der Waals surface area contributed by atoms with E-state index in [0.29, 0.717) is 11.8 Å². The van der Waals surface area contributed by atoms with Crippen molar-refractivity contribution in [2.24, 2.45) is 5.92 Å². The second-order valence-corrected chi connectivity index (χ2v) is 11.4. The van der Waals surface area contributed by atoms with Crippen LogP contribution in [0, 0.1) is 12.8 Å². The number of nitrogens with zero attached hydrogens (tertiary/aromatic N) is 4. The summed E-state index contributed by atoms with van der Waals surface area (Å²) in [5.41, 5.74) is 2.71. The quantitative estimate of drug-likeness (QED) is 0.733. The molecular formula is C27H38N4O2. The van der Waals surface area contributed by atoms with E-state index in [0.717, 1.165) is 64.3 Å². The normalized spacial score (nSPS) is 33.2. The van der Waals surface area contributed by atoms with Crippen molar-refractivity contribution in [1.29, 1.82) is 0 Å². The molecule has 3 heterocycles. The van der Waals surface area contributed by atoms with Crippen LogP contribution in [-0.4, -0.2) is 73.7 Å². The van der Waals surface area contributed by atoms with Crippen LogP contribution in [0.25, 0.3) is 0 Å². The molecule has 4 unspecified atom stereocenters. The van der Waals surface area contributed by atoms with Gasteiger partial charge in [0.05, 0.1) is 18.3 Å². The third-order valence-corrected chi connectivity index (χ3v) is 9.30. The predicted molar refractivity (Wildman–Crippen MR) is 128 cm³/mol. The van der Waals surface area contributed by atoms with E-state index in [4.69, 9.17) is 0 Å². The van der Waals surface area contributed by atoms with Crippen molar-refractivity contribution in [3.05, 3.63) is 47.3 Å². The Morgan fingerprint density at radius 3 is 2.70 bits per heavy atom. The van der Waals surface area contributed by atoms with Gasteiger partial charge in [-0.2, -0.15) is 5.10 Å². The first-order chi connectivity index (χ1) is 15.9. The molecule has 1 aromatic heterocycles. The van der Waals surface area contributed by atoms with Gasteiger partial charge in [0, 0.05) is 36.8 Å². The zero-order valence-corrected chi connectivity index (χ0v) is 20.1. The molecule has 1 aromatic carbocycles. The second kappa shape index (κ2) is 7.82. The number of aromatic nitrogens is 2. The van der Waals surface area contributed by atoms with Crippen LogP contribution in [0.1, 0.15) is 55.7 Å². The molecule has 33 heavy (non-hydrogen) atoms. The Morgan fingerprint density at radius 1 is 1.15 bits per heavy atom. The maximum absolute atomic E-state index is 12.6. The number of rotatable bonds is 5. The molecule has 2 bridgehead atoms. The monoisotopic (exact) mass is 450 g/mol. The highest BCUT2D eigenvalue weighted by Crippen LogP contribution is 2.56. The number of benzene rings is 1. The Morgan fingerprint density at radius 2 is 1.94 bits per heavy atom. The molecule has 6 rings (SSSR count). The SMILES string of the molecule is Cc1cnn(CC(C)N2CCC34CCN(CC5CC5)C(Cc5ccc(O)cc53)C4(O)CC2)c1. The molecule has 6 heteroatoms. The van der Waals surface area contributed by atoms with Gasteiger partial charge in [-0.05, 0) is 100 Å². The maximum Gasteiger partial charge on any atom is 0.115 e. The lowest BCUT2D eigenvalue weighted by molar-refractivity contribution is -0.149. The fraction of sp³-hybridized carbons (Fsp3) is 0.667. The summed E-state index contributed by atoms with van der Waals surface area (Å²) in [6.07, 6.45) is 10.3. The molecule has 3 fully saturated rings. The van der Waals surface area contributed by atoms with E-state index >= 15 is 0 Å². The number of fused-ring (bicyclic) bond motifs is 1. The van der Waals surface area contributed by atoms with Gasteiger partial charge in [-0.25, -0.2) is 0 Å². The highest BCUT2D eigenvalue weighted by atomic mass is 16.3. The minimum atomic E-state index is -0.752. The summed E-state index contributed by atoms with van der Waals surface area (Å²) in [6, 6.07) is 6.45. The van der Waals surface area contributed by atoms with Crippen molar-refractivity contribution in [1.82, 2.24) is 19.6 Å². The third-order valence-electron chi connectivity index (χ3n) is 9.30. The summed E-state index contributed by atoms with van der Waals surface area (Å²) in [4.78, 5) is 5.18. The molecule has 2 N–H and O–H groups in total. The minimum absolute atomic E-state index is 0.174. The van der Waals surface area contributed by atoms with Crippen molar-refractivity contribution in [3.63, 3.8) is 0 Å². The Kier molecular flexibility index (Phi) is 5.13. The number of piperidine rings is 1. The molecule has 178 valence electrons. The van der Waals surface area contributed by atoms with Crippen molar-refractivity contribution in [2.45, 2.75) is 82.0 Å². The van der Waals surface area contributed by atoms with E-state index < -0.39 is 5.60 Å². The van der Waals surface area contributed by atoms with Gasteiger partial charge in [0.25, 0.3) is 0 Å². The van der Waals surface area contributed by atoms with Gasteiger partial charge < -0.3 is 10.2 Å². The summed E-state index contributed by atoms with van der Waals surface area (Å²) in [7, 11) is 0. The lowest BCUT2D eigenvalue weighted by Gasteiger charge is -2.61. The highest BCUT2D eigenvalue weighted by molar-refractivity contribution is 5.48. The Labute approximate surface area is 197 Å². The van der Waals surface area contributed by atoms with E-state index in [1.54, 1.807) is 0 Å². The minimum Gasteiger partial charge on any atom is -0.508 e. The van der Waals surface area contributed by atoms with Crippen LogP contribution in [-0.2, 0) is 18.4 Å². The molecule has 4 aliphatic rings.